The van der Waals surface area contributed by atoms with E-state index < -0.39 is 44.7 Å². The number of hydrogen-bond donors (Lipinski definition) is 2. The maximum atomic E-state index is 14.1. The van der Waals surface area contributed by atoms with E-state index in [1.54, 1.807) is 25.1 Å². The van der Waals surface area contributed by atoms with Gasteiger partial charge in [-0.1, -0.05) is 63.8 Å². The van der Waals surface area contributed by atoms with Crippen molar-refractivity contribution in [3.05, 3.63) is 81.0 Å². The van der Waals surface area contributed by atoms with Crippen molar-refractivity contribution in [1.29, 1.82) is 0 Å². The molecule has 1 aromatic heterocycles. The van der Waals surface area contributed by atoms with E-state index in [1.165, 1.54) is 18.2 Å². The lowest BCUT2D eigenvalue weighted by atomic mass is 9.69. The van der Waals surface area contributed by atoms with Gasteiger partial charge in [0.15, 0.2) is 16.9 Å². The number of anilines is 2. The number of hydrogen-bond acceptors (Lipinski definition) is 8. The van der Waals surface area contributed by atoms with E-state index >= 15 is 0 Å². The third-order valence-electron chi connectivity index (χ3n) is 9.11. The van der Waals surface area contributed by atoms with E-state index in [0.717, 1.165) is 18.4 Å². The van der Waals surface area contributed by atoms with Crippen LogP contribution in [0.2, 0.25) is 0 Å². The van der Waals surface area contributed by atoms with Crippen molar-refractivity contribution >= 4 is 67.7 Å². The summed E-state index contributed by atoms with van der Waals surface area (Å²) in [6.07, 6.45) is 3.86. The Labute approximate surface area is 273 Å². The molecule has 2 atom stereocenters. The average molecular weight is 657 g/mol. The molecule has 11 heteroatoms. The second kappa shape index (κ2) is 12.9. The second-order valence-corrected chi connectivity index (χ2v) is 13.6. The van der Waals surface area contributed by atoms with Crippen molar-refractivity contribution in [2.45, 2.75) is 70.3 Å². The second-order valence-electron chi connectivity index (χ2n) is 12.1. The van der Waals surface area contributed by atoms with E-state index in [4.69, 9.17) is 9.15 Å². The van der Waals surface area contributed by atoms with Crippen LogP contribution in [0.4, 0.5) is 11.4 Å². The quantitative estimate of drug-likeness (QED) is 0.111. The highest BCUT2D eigenvalue weighted by Gasteiger charge is 2.49. The molecule has 2 amide bonds. The molecule has 2 N–H and O–H groups in total. The van der Waals surface area contributed by atoms with Crippen LogP contribution in [-0.2, 0) is 30.9 Å². The zero-order valence-electron chi connectivity index (χ0n) is 26.5. The van der Waals surface area contributed by atoms with Crippen LogP contribution in [0.25, 0.3) is 21.9 Å². The van der Waals surface area contributed by atoms with Crippen molar-refractivity contribution in [2.75, 3.05) is 17.2 Å². The lowest BCUT2D eigenvalue weighted by Gasteiger charge is -2.35. The van der Waals surface area contributed by atoms with Crippen LogP contribution in [0.1, 0.15) is 96.4 Å². The fourth-order valence-electron chi connectivity index (χ4n) is 6.65. The van der Waals surface area contributed by atoms with Gasteiger partial charge in [0, 0.05) is 16.4 Å². The molecule has 0 fully saturated rings. The summed E-state index contributed by atoms with van der Waals surface area (Å²) in [5.74, 6) is -1.83. The van der Waals surface area contributed by atoms with E-state index in [9.17, 15) is 28.2 Å². The SMILES string of the molecule is CCCCC1(CCCC)C(=O)Nc2c(ccc3c(=O)c4cc(C(=O)OCC)cc(NC(=O)[C@@H]5c6ccccc6CS5=O)c4oc23)C1=O. The van der Waals surface area contributed by atoms with Gasteiger partial charge in [-0.25, -0.2) is 4.79 Å². The lowest BCUT2D eigenvalue weighted by Crippen LogP contribution is -2.47. The number of amides is 2. The zero-order chi connectivity index (χ0) is 33.5. The smallest absolute Gasteiger partial charge is 0.338 e. The molecule has 0 saturated carbocycles. The van der Waals surface area contributed by atoms with Crippen molar-refractivity contribution in [3.63, 3.8) is 0 Å². The minimum atomic E-state index is -1.54. The normalized spacial score (nSPS) is 18.1. The average Bonchev–Trinajstić information content (AvgIpc) is 3.40. The molecular weight excluding hydrogens is 620 g/mol. The molecule has 6 rings (SSSR count). The first-order chi connectivity index (χ1) is 22.6. The number of carbonyl (C=O) groups is 4. The highest BCUT2D eigenvalue weighted by molar-refractivity contribution is 7.85. The Balaban J connectivity index is 1.52. The molecule has 1 unspecified atom stereocenters. The van der Waals surface area contributed by atoms with Crippen LogP contribution in [0.5, 0.6) is 0 Å². The largest absolute Gasteiger partial charge is 0.462 e. The number of fused-ring (bicyclic) bond motifs is 5. The molecule has 0 bridgehead atoms. The number of carbonyl (C=O) groups excluding carboxylic acids is 4. The first-order valence-electron chi connectivity index (χ1n) is 16.0. The van der Waals surface area contributed by atoms with Crippen LogP contribution in [-0.4, -0.2) is 34.4 Å². The van der Waals surface area contributed by atoms with E-state index in [-0.39, 0.29) is 62.6 Å². The van der Waals surface area contributed by atoms with Gasteiger partial charge in [-0.3, -0.25) is 23.4 Å². The molecule has 3 aromatic carbocycles. The van der Waals surface area contributed by atoms with Crippen molar-refractivity contribution in [3.8, 4) is 0 Å². The van der Waals surface area contributed by atoms with Crippen LogP contribution in [0.3, 0.4) is 0 Å². The summed E-state index contributed by atoms with van der Waals surface area (Å²) in [6, 6.07) is 12.9. The van der Waals surface area contributed by atoms with Gasteiger partial charge < -0.3 is 19.8 Å². The van der Waals surface area contributed by atoms with Crippen molar-refractivity contribution in [2.24, 2.45) is 5.41 Å². The van der Waals surface area contributed by atoms with Crippen LogP contribution in [0.15, 0.2) is 57.7 Å². The first-order valence-corrected chi connectivity index (χ1v) is 17.4. The molecule has 10 nitrogen and oxygen atoms in total. The number of Topliss-reactive ketones (excluding diaryl/α,β-unsaturated/α-hetero) is 1. The highest BCUT2D eigenvalue weighted by atomic mass is 32.2. The Hall–Kier alpha value is -4.64. The Morgan fingerprint density at radius 3 is 2.40 bits per heavy atom. The number of nitrogens with one attached hydrogen (secondary N) is 2. The fraction of sp³-hybridized carbons (Fsp3) is 0.361. The number of ketones is 1. The Bertz CT molecular complexity index is 2040. The lowest BCUT2D eigenvalue weighted by molar-refractivity contribution is -0.124. The van der Waals surface area contributed by atoms with Gasteiger partial charge in [-0.05, 0) is 55.2 Å². The summed E-state index contributed by atoms with van der Waals surface area (Å²) in [6.45, 7) is 5.74. The molecule has 4 aromatic rings. The highest BCUT2D eigenvalue weighted by Crippen LogP contribution is 2.44. The Kier molecular flexibility index (Phi) is 8.84. The fourth-order valence-corrected chi connectivity index (χ4v) is 8.20. The molecule has 0 radical (unpaired) electrons. The molecule has 3 heterocycles. The van der Waals surface area contributed by atoms with Crippen molar-refractivity contribution in [1.82, 2.24) is 0 Å². The van der Waals surface area contributed by atoms with Gasteiger partial charge >= 0.3 is 5.97 Å². The minimum Gasteiger partial charge on any atom is -0.462 e. The van der Waals surface area contributed by atoms with Gasteiger partial charge in [-0.15, -0.1) is 0 Å². The van der Waals surface area contributed by atoms with Crippen LogP contribution in [0, 0.1) is 5.41 Å². The molecular formula is C36H36N2O8S. The third-order valence-corrected chi connectivity index (χ3v) is 10.7. The number of benzene rings is 3. The topological polar surface area (TPSA) is 149 Å². The van der Waals surface area contributed by atoms with Gasteiger partial charge in [0.25, 0.3) is 0 Å². The number of ether oxygens (including phenoxy) is 1. The van der Waals surface area contributed by atoms with Gasteiger partial charge in [0.05, 0.1) is 40.1 Å². The van der Waals surface area contributed by atoms with Crippen LogP contribution >= 0.6 is 0 Å². The van der Waals surface area contributed by atoms with E-state index in [1.807, 2.05) is 26.0 Å². The minimum absolute atomic E-state index is 0.00678. The maximum Gasteiger partial charge on any atom is 0.338 e. The first kappa shape index (κ1) is 32.3. The van der Waals surface area contributed by atoms with Gasteiger partial charge in [0.1, 0.15) is 10.7 Å². The summed E-state index contributed by atoms with van der Waals surface area (Å²) in [5.41, 5.74) is -0.0623. The summed E-state index contributed by atoms with van der Waals surface area (Å²) in [4.78, 5) is 68.5. The Morgan fingerprint density at radius 1 is 0.979 bits per heavy atom. The van der Waals surface area contributed by atoms with Crippen molar-refractivity contribution < 1.29 is 32.5 Å². The maximum absolute atomic E-state index is 14.1. The molecule has 0 aliphatic carbocycles. The summed E-state index contributed by atoms with van der Waals surface area (Å²) in [5, 5.41) is 4.76. The summed E-state index contributed by atoms with van der Waals surface area (Å²) < 4.78 is 24.6. The molecule has 2 aliphatic heterocycles. The summed E-state index contributed by atoms with van der Waals surface area (Å²) in [7, 11) is -1.54. The molecule has 0 saturated heterocycles. The van der Waals surface area contributed by atoms with E-state index in [0.29, 0.717) is 31.2 Å². The Morgan fingerprint density at radius 2 is 1.70 bits per heavy atom. The number of esters is 1. The molecule has 2 aliphatic rings. The monoisotopic (exact) mass is 656 g/mol. The van der Waals surface area contributed by atoms with Gasteiger partial charge in [0.2, 0.25) is 17.2 Å². The van der Waals surface area contributed by atoms with Gasteiger partial charge in [-0.2, -0.15) is 0 Å². The molecule has 244 valence electrons. The summed E-state index contributed by atoms with van der Waals surface area (Å²) >= 11 is 0. The zero-order valence-corrected chi connectivity index (χ0v) is 27.3. The molecule has 0 spiro atoms. The standard InChI is InChI=1S/C36H36N2O8S/c1-4-7-15-36(16-8-5-2)32(40)23-13-14-24-28(39)25-17-21(34(42)45-6-3)18-26(29(25)46-30(24)27(23)38-35(36)43)37-33(41)31-22-12-10-9-11-20(22)19-47(31)44/h9-14,17-18,31H,4-8,15-16,19H2,1-3H3,(H,37,41)(H,38,43)/t31-,47?/m0/s1. The molecule has 47 heavy (non-hydrogen) atoms. The predicted molar refractivity (Wildman–Crippen MR) is 180 cm³/mol. The predicted octanol–water partition coefficient (Wildman–Crippen LogP) is 6.57. The number of unbranched alkanes of at least 4 members (excludes halogenated alkanes) is 2. The third kappa shape index (κ3) is 5.46. The van der Waals surface area contributed by atoms with E-state index in [2.05, 4.69) is 10.6 Å². The van der Waals surface area contributed by atoms with Crippen LogP contribution < -0.4 is 16.1 Å². The number of rotatable bonds is 10.